The first-order chi connectivity index (χ1) is 9.56. The molecule has 2 atom stereocenters. The van der Waals surface area contributed by atoms with Gasteiger partial charge in [0.25, 0.3) is 11.8 Å². The van der Waals surface area contributed by atoms with Crippen LogP contribution in [0.15, 0.2) is 17.5 Å². The van der Waals surface area contributed by atoms with Crippen LogP contribution in [0, 0.1) is 0 Å². The Labute approximate surface area is 124 Å². The van der Waals surface area contributed by atoms with Crippen molar-refractivity contribution in [2.45, 2.75) is 26.8 Å². The summed E-state index contributed by atoms with van der Waals surface area (Å²) in [4.78, 5) is 25.6. The smallest absolute Gasteiger partial charge is 0.275 e. The van der Waals surface area contributed by atoms with E-state index in [1.165, 1.54) is 0 Å². The van der Waals surface area contributed by atoms with Crippen LogP contribution in [0.4, 0.5) is 0 Å². The highest BCUT2D eigenvalue weighted by molar-refractivity contribution is 7.10. The van der Waals surface area contributed by atoms with E-state index in [0.717, 1.165) is 16.3 Å². The third-order valence-corrected chi connectivity index (χ3v) is 4.10. The van der Waals surface area contributed by atoms with E-state index in [-0.39, 0.29) is 17.9 Å². The molecule has 0 bridgehead atoms. The number of rotatable bonds is 8. The van der Waals surface area contributed by atoms with Gasteiger partial charge in [0.15, 0.2) is 13.1 Å². The first-order valence-electron chi connectivity index (χ1n) is 6.99. The van der Waals surface area contributed by atoms with Crippen molar-refractivity contribution < 1.29 is 14.5 Å². The van der Waals surface area contributed by atoms with Crippen LogP contribution in [0.3, 0.4) is 0 Å². The van der Waals surface area contributed by atoms with Crippen LogP contribution >= 0.6 is 11.3 Å². The Morgan fingerprint density at radius 1 is 1.30 bits per heavy atom. The number of carbonyl (C=O) groups is 2. The topological polar surface area (TPSA) is 62.6 Å². The number of likely N-dealkylation sites (N-methyl/N-ethyl adjacent to an activating group) is 2. The number of thiophene rings is 1. The summed E-state index contributed by atoms with van der Waals surface area (Å²) in [5.74, 6) is -0.0319. The lowest BCUT2D eigenvalue weighted by molar-refractivity contribution is -0.881. The minimum Gasteiger partial charge on any atom is -0.351 e. The summed E-state index contributed by atoms with van der Waals surface area (Å²) in [5, 5.41) is 7.72. The first kappa shape index (κ1) is 16.7. The van der Waals surface area contributed by atoms with Crippen molar-refractivity contribution in [1.82, 2.24) is 10.6 Å². The number of carbonyl (C=O) groups excluding carboxylic acids is 2. The molecule has 0 aliphatic heterocycles. The Bertz CT molecular complexity index is 420. The van der Waals surface area contributed by atoms with Crippen LogP contribution in [0.1, 0.15) is 31.7 Å². The fourth-order valence-corrected chi connectivity index (χ4v) is 2.66. The number of nitrogens with one attached hydrogen (secondary N) is 3. The molecule has 1 aromatic heterocycles. The number of amides is 2. The highest BCUT2D eigenvalue weighted by atomic mass is 32.1. The summed E-state index contributed by atoms with van der Waals surface area (Å²) in [6.07, 6.45) is 0. The molecule has 0 radical (unpaired) electrons. The Hall–Kier alpha value is -1.40. The van der Waals surface area contributed by atoms with E-state index >= 15 is 0 Å². The summed E-state index contributed by atoms with van der Waals surface area (Å²) in [7, 11) is 0. The van der Waals surface area contributed by atoms with E-state index in [9.17, 15) is 9.59 Å². The molecule has 5 nitrogen and oxygen atoms in total. The second kappa shape index (κ2) is 8.71. The molecule has 1 unspecified atom stereocenters. The third kappa shape index (κ3) is 5.71. The van der Waals surface area contributed by atoms with Crippen molar-refractivity contribution in [2.75, 3.05) is 26.2 Å². The average molecular weight is 298 g/mol. The summed E-state index contributed by atoms with van der Waals surface area (Å²) in [5.41, 5.74) is 0. The highest BCUT2D eigenvalue weighted by Crippen LogP contribution is 2.17. The molecule has 3 N–H and O–H groups in total. The zero-order valence-electron chi connectivity index (χ0n) is 12.4. The van der Waals surface area contributed by atoms with Gasteiger partial charge in [-0.3, -0.25) is 9.59 Å². The second-order valence-corrected chi connectivity index (χ2v) is 5.69. The van der Waals surface area contributed by atoms with Crippen LogP contribution in [-0.2, 0) is 9.59 Å². The molecule has 0 spiro atoms. The predicted octanol–water partition coefficient (Wildman–Crippen LogP) is -0.0338. The van der Waals surface area contributed by atoms with Crippen LogP contribution in [0.5, 0.6) is 0 Å². The van der Waals surface area contributed by atoms with Gasteiger partial charge in [-0.1, -0.05) is 6.07 Å². The van der Waals surface area contributed by atoms with Crippen LogP contribution in [0.2, 0.25) is 0 Å². The fraction of sp³-hybridized carbons (Fsp3) is 0.571. The summed E-state index contributed by atoms with van der Waals surface area (Å²) in [6, 6.07) is 4.00. The quantitative estimate of drug-likeness (QED) is 0.631. The Balaban J connectivity index is 2.41. The first-order valence-corrected chi connectivity index (χ1v) is 7.87. The molecule has 112 valence electrons. The summed E-state index contributed by atoms with van der Waals surface area (Å²) < 4.78 is 0. The largest absolute Gasteiger partial charge is 0.351 e. The molecule has 1 heterocycles. The molecule has 6 heteroatoms. The van der Waals surface area contributed by atoms with E-state index in [0.29, 0.717) is 19.6 Å². The highest BCUT2D eigenvalue weighted by Gasteiger charge is 2.18. The van der Waals surface area contributed by atoms with Gasteiger partial charge in [-0.2, -0.15) is 0 Å². The van der Waals surface area contributed by atoms with Gasteiger partial charge in [0, 0.05) is 11.4 Å². The van der Waals surface area contributed by atoms with E-state index < -0.39 is 0 Å². The van der Waals surface area contributed by atoms with Crippen LogP contribution in [0.25, 0.3) is 0 Å². The molecular weight excluding hydrogens is 274 g/mol. The second-order valence-electron chi connectivity index (χ2n) is 4.72. The van der Waals surface area contributed by atoms with Gasteiger partial charge in [0.2, 0.25) is 0 Å². The minimum atomic E-state index is -0.0213. The van der Waals surface area contributed by atoms with E-state index in [1.54, 1.807) is 11.3 Å². The lowest BCUT2D eigenvalue weighted by atomic mass is 10.2. The maximum atomic E-state index is 12.0. The molecule has 1 rings (SSSR count). The molecule has 0 saturated heterocycles. The van der Waals surface area contributed by atoms with Gasteiger partial charge in [-0.25, -0.2) is 0 Å². The van der Waals surface area contributed by atoms with Gasteiger partial charge >= 0.3 is 0 Å². The van der Waals surface area contributed by atoms with Gasteiger partial charge in [-0.05, 0) is 32.2 Å². The van der Waals surface area contributed by atoms with Gasteiger partial charge in [0.1, 0.15) is 0 Å². The van der Waals surface area contributed by atoms with E-state index in [1.807, 2.05) is 38.3 Å². The zero-order chi connectivity index (χ0) is 15.0. The maximum Gasteiger partial charge on any atom is 0.275 e. The molecule has 0 saturated carbocycles. The van der Waals surface area contributed by atoms with Crippen LogP contribution in [-0.4, -0.2) is 38.0 Å². The van der Waals surface area contributed by atoms with E-state index in [2.05, 4.69) is 10.6 Å². The third-order valence-electron chi connectivity index (χ3n) is 3.04. The van der Waals surface area contributed by atoms with Crippen LogP contribution < -0.4 is 15.5 Å². The number of quaternary nitrogens is 1. The SMILES string of the molecule is CCNC(=O)C[NH+](CC)CC(=O)N[C@H](C)c1cccs1. The average Bonchev–Trinajstić information content (AvgIpc) is 2.92. The predicted molar refractivity (Wildman–Crippen MR) is 80.8 cm³/mol. The molecule has 2 amide bonds. The fourth-order valence-electron chi connectivity index (χ4n) is 1.93. The molecule has 20 heavy (non-hydrogen) atoms. The van der Waals surface area contributed by atoms with Gasteiger partial charge in [0.05, 0.1) is 12.6 Å². The standard InChI is InChI=1S/C14H23N3O2S/c1-4-15-13(18)9-17(5-2)10-14(19)16-11(3)12-7-6-8-20-12/h6-8,11H,4-5,9-10H2,1-3H3,(H,15,18)(H,16,19)/p+1/t11-/m1/s1. The molecular formula is C14H24N3O2S+. The monoisotopic (exact) mass is 298 g/mol. The molecule has 0 fully saturated rings. The Morgan fingerprint density at radius 2 is 2.00 bits per heavy atom. The number of hydrogen-bond acceptors (Lipinski definition) is 3. The minimum absolute atomic E-state index is 0.0107. The van der Waals surface area contributed by atoms with Crippen molar-refractivity contribution in [1.29, 1.82) is 0 Å². The van der Waals surface area contributed by atoms with Gasteiger partial charge < -0.3 is 15.5 Å². The van der Waals surface area contributed by atoms with Crippen molar-refractivity contribution in [2.24, 2.45) is 0 Å². The molecule has 0 aliphatic rings. The van der Waals surface area contributed by atoms with Crippen molar-refractivity contribution >= 4 is 23.2 Å². The Kier molecular flexibility index (Phi) is 7.25. The maximum absolute atomic E-state index is 12.0. The normalized spacial score (nSPS) is 13.6. The lowest BCUT2D eigenvalue weighted by Gasteiger charge is -2.18. The van der Waals surface area contributed by atoms with Crippen molar-refractivity contribution in [3.63, 3.8) is 0 Å². The zero-order valence-corrected chi connectivity index (χ0v) is 13.2. The summed E-state index contributed by atoms with van der Waals surface area (Å²) in [6.45, 7) is 7.87. The molecule has 1 aromatic rings. The number of hydrogen-bond donors (Lipinski definition) is 3. The Morgan fingerprint density at radius 3 is 2.55 bits per heavy atom. The van der Waals surface area contributed by atoms with Crippen molar-refractivity contribution in [3.05, 3.63) is 22.4 Å². The van der Waals surface area contributed by atoms with Crippen molar-refractivity contribution in [3.8, 4) is 0 Å². The molecule has 0 aliphatic carbocycles. The lowest BCUT2D eigenvalue weighted by Crippen LogP contribution is -3.14. The van der Waals surface area contributed by atoms with Gasteiger partial charge in [-0.15, -0.1) is 11.3 Å². The summed E-state index contributed by atoms with van der Waals surface area (Å²) >= 11 is 1.63. The van der Waals surface area contributed by atoms with E-state index in [4.69, 9.17) is 0 Å². The molecule has 0 aromatic carbocycles.